The van der Waals surface area contributed by atoms with Crippen LogP contribution in [-0.2, 0) is 11.3 Å². The molecule has 1 aromatic rings. The lowest BCUT2D eigenvalue weighted by Crippen LogP contribution is -2.39. The molecule has 0 spiro atoms. The molecule has 2 rings (SSSR count). The molecule has 0 saturated carbocycles. The van der Waals surface area contributed by atoms with Gasteiger partial charge >= 0.3 is 5.97 Å². The lowest BCUT2D eigenvalue weighted by Gasteiger charge is -2.29. The topological polar surface area (TPSA) is 49.8 Å². The van der Waals surface area contributed by atoms with Crippen molar-refractivity contribution in [2.24, 2.45) is 11.3 Å². The van der Waals surface area contributed by atoms with Crippen LogP contribution in [0.5, 0.6) is 5.75 Å². The Hall–Kier alpha value is -1.26. The molecule has 1 N–H and O–H groups in total. The quantitative estimate of drug-likeness (QED) is 0.906. The molecule has 0 aromatic heterocycles. The van der Waals surface area contributed by atoms with Crippen molar-refractivity contribution in [3.8, 4) is 5.75 Å². The SMILES string of the molecule is COc1ccc(Cl)cc1CN1CCC(C(=O)O)(C(C)C)C1. The third kappa shape index (κ3) is 3.16. The summed E-state index contributed by atoms with van der Waals surface area (Å²) in [5, 5.41) is 10.3. The highest BCUT2D eigenvalue weighted by molar-refractivity contribution is 6.30. The van der Waals surface area contributed by atoms with Gasteiger partial charge in [-0.15, -0.1) is 0 Å². The largest absolute Gasteiger partial charge is 0.496 e. The third-order valence-corrected chi connectivity index (χ3v) is 4.78. The molecule has 0 radical (unpaired) electrons. The number of benzene rings is 1. The molecule has 5 heteroatoms. The number of ether oxygens (including phenoxy) is 1. The molecule has 1 aromatic carbocycles. The summed E-state index contributed by atoms with van der Waals surface area (Å²) in [5.74, 6) is 0.205. The number of carbonyl (C=O) groups is 1. The number of nitrogens with zero attached hydrogens (tertiary/aromatic N) is 1. The molecule has 1 fully saturated rings. The van der Waals surface area contributed by atoms with Gasteiger partial charge in [-0.3, -0.25) is 9.69 Å². The van der Waals surface area contributed by atoms with E-state index in [0.29, 0.717) is 24.5 Å². The zero-order chi connectivity index (χ0) is 15.6. The molecule has 1 aliphatic rings. The highest BCUT2D eigenvalue weighted by atomic mass is 35.5. The van der Waals surface area contributed by atoms with E-state index in [1.807, 2.05) is 26.0 Å². The summed E-state index contributed by atoms with van der Waals surface area (Å²) in [6.07, 6.45) is 0.683. The molecule has 1 heterocycles. The van der Waals surface area contributed by atoms with Crippen molar-refractivity contribution < 1.29 is 14.6 Å². The second-order valence-electron chi connectivity index (χ2n) is 6.03. The zero-order valence-corrected chi connectivity index (χ0v) is 13.5. The average molecular weight is 312 g/mol. The van der Waals surface area contributed by atoms with Crippen LogP contribution >= 0.6 is 11.6 Å². The number of hydrogen-bond donors (Lipinski definition) is 1. The first-order chi connectivity index (χ1) is 9.89. The van der Waals surface area contributed by atoms with Gasteiger partial charge in [0, 0.05) is 23.7 Å². The molecule has 1 saturated heterocycles. The first-order valence-electron chi connectivity index (χ1n) is 7.17. The van der Waals surface area contributed by atoms with Gasteiger partial charge in [0.1, 0.15) is 5.75 Å². The Labute approximate surface area is 130 Å². The summed E-state index contributed by atoms with van der Waals surface area (Å²) >= 11 is 6.05. The van der Waals surface area contributed by atoms with Crippen LogP contribution in [-0.4, -0.2) is 36.2 Å². The van der Waals surface area contributed by atoms with Gasteiger partial charge in [0.25, 0.3) is 0 Å². The Morgan fingerprint density at radius 3 is 2.76 bits per heavy atom. The minimum atomic E-state index is -0.696. The summed E-state index contributed by atoms with van der Waals surface area (Å²) < 4.78 is 5.36. The van der Waals surface area contributed by atoms with Crippen molar-refractivity contribution >= 4 is 17.6 Å². The van der Waals surface area contributed by atoms with Gasteiger partial charge in [-0.05, 0) is 37.1 Å². The minimum Gasteiger partial charge on any atom is -0.496 e. The van der Waals surface area contributed by atoms with Crippen molar-refractivity contribution in [1.82, 2.24) is 4.90 Å². The number of aliphatic carboxylic acids is 1. The van der Waals surface area contributed by atoms with E-state index in [9.17, 15) is 9.90 Å². The maximum Gasteiger partial charge on any atom is 0.311 e. The van der Waals surface area contributed by atoms with Crippen LogP contribution in [0.15, 0.2) is 18.2 Å². The fraction of sp³-hybridized carbons (Fsp3) is 0.562. The third-order valence-electron chi connectivity index (χ3n) is 4.55. The smallest absolute Gasteiger partial charge is 0.311 e. The van der Waals surface area contributed by atoms with Crippen LogP contribution in [0.2, 0.25) is 5.02 Å². The molecule has 0 bridgehead atoms. The molecule has 21 heavy (non-hydrogen) atoms. The molecule has 4 nitrogen and oxygen atoms in total. The Balaban J connectivity index is 2.16. The number of carboxylic acids is 1. The maximum atomic E-state index is 11.7. The van der Waals surface area contributed by atoms with Gasteiger partial charge in [0.05, 0.1) is 12.5 Å². The number of carboxylic acid groups (broad SMARTS) is 1. The average Bonchev–Trinajstić information content (AvgIpc) is 2.84. The molecular formula is C16H22ClNO3. The van der Waals surface area contributed by atoms with E-state index in [0.717, 1.165) is 17.9 Å². The van der Waals surface area contributed by atoms with Gasteiger partial charge in [0.2, 0.25) is 0 Å². The number of likely N-dealkylation sites (tertiary alicyclic amines) is 1. The number of rotatable bonds is 5. The lowest BCUT2D eigenvalue weighted by atomic mass is 9.76. The summed E-state index contributed by atoms with van der Waals surface area (Å²) in [7, 11) is 1.63. The van der Waals surface area contributed by atoms with Gasteiger partial charge in [0.15, 0.2) is 0 Å². The molecule has 1 aliphatic heterocycles. The molecule has 0 amide bonds. The molecule has 0 aliphatic carbocycles. The summed E-state index contributed by atoms with van der Waals surface area (Å²) in [6, 6.07) is 5.53. The van der Waals surface area contributed by atoms with Crippen molar-refractivity contribution in [1.29, 1.82) is 0 Å². The zero-order valence-electron chi connectivity index (χ0n) is 12.7. The highest BCUT2D eigenvalue weighted by Crippen LogP contribution is 2.39. The van der Waals surface area contributed by atoms with Gasteiger partial charge in [-0.1, -0.05) is 25.4 Å². The van der Waals surface area contributed by atoms with E-state index in [2.05, 4.69) is 4.90 Å². The first kappa shape index (κ1) is 16.1. The van der Waals surface area contributed by atoms with Crippen LogP contribution in [0.3, 0.4) is 0 Å². The normalized spacial score (nSPS) is 22.7. The van der Waals surface area contributed by atoms with Crippen molar-refractivity contribution in [2.75, 3.05) is 20.2 Å². The fourth-order valence-corrected chi connectivity index (χ4v) is 3.25. The molecule has 1 atom stereocenters. The van der Waals surface area contributed by atoms with Crippen LogP contribution in [0.4, 0.5) is 0 Å². The molecule has 116 valence electrons. The van der Waals surface area contributed by atoms with E-state index in [1.165, 1.54) is 0 Å². The van der Waals surface area contributed by atoms with Crippen LogP contribution in [0.1, 0.15) is 25.8 Å². The Morgan fingerprint density at radius 2 is 2.24 bits per heavy atom. The number of methoxy groups -OCH3 is 1. The van der Waals surface area contributed by atoms with Crippen molar-refractivity contribution in [3.05, 3.63) is 28.8 Å². The van der Waals surface area contributed by atoms with Crippen molar-refractivity contribution in [3.63, 3.8) is 0 Å². The second-order valence-corrected chi connectivity index (χ2v) is 6.47. The van der Waals surface area contributed by atoms with Crippen molar-refractivity contribution in [2.45, 2.75) is 26.8 Å². The summed E-state index contributed by atoms with van der Waals surface area (Å²) in [6.45, 7) is 5.97. The summed E-state index contributed by atoms with van der Waals surface area (Å²) in [4.78, 5) is 13.8. The predicted octanol–water partition coefficient (Wildman–Crippen LogP) is 3.28. The van der Waals surface area contributed by atoms with Gasteiger partial charge in [-0.2, -0.15) is 0 Å². The summed E-state index contributed by atoms with van der Waals surface area (Å²) in [5.41, 5.74) is 0.348. The van der Waals surface area contributed by atoms with E-state index < -0.39 is 11.4 Å². The minimum absolute atomic E-state index is 0.112. The Bertz CT molecular complexity index is 532. The first-order valence-corrected chi connectivity index (χ1v) is 7.55. The Kier molecular flexibility index (Phi) is 4.79. The maximum absolute atomic E-state index is 11.7. The number of halogens is 1. The van der Waals surface area contributed by atoms with E-state index in [4.69, 9.17) is 16.3 Å². The monoisotopic (exact) mass is 311 g/mol. The van der Waals surface area contributed by atoms with E-state index in [1.54, 1.807) is 13.2 Å². The van der Waals surface area contributed by atoms with E-state index >= 15 is 0 Å². The van der Waals surface area contributed by atoms with Gasteiger partial charge in [-0.25, -0.2) is 0 Å². The lowest BCUT2D eigenvalue weighted by molar-refractivity contribution is -0.151. The second kappa shape index (κ2) is 6.24. The van der Waals surface area contributed by atoms with Crippen LogP contribution in [0, 0.1) is 11.3 Å². The van der Waals surface area contributed by atoms with Crippen LogP contribution in [0.25, 0.3) is 0 Å². The van der Waals surface area contributed by atoms with E-state index in [-0.39, 0.29) is 5.92 Å². The standard InChI is InChI=1S/C16H22ClNO3/c1-11(2)16(15(19)20)6-7-18(10-16)9-12-8-13(17)4-5-14(12)21-3/h4-5,8,11H,6-7,9-10H2,1-3H3,(H,19,20). The Morgan fingerprint density at radius 1 is 1.52 bits per heavy atom. The predicted molar refractivity (Wildman–Crippen MR) is 82.8 cm³/mol. The van der Waals surface area contributed by atoms with Gasteiger partial charge < -0.3 is 9.84 Å². The van der Waals surface area contributed by atoms with Crippen LogP contribution < -0.4 is 4.74 Å². The molecular weight excluding hydrogens is 290 g/mol. The highest BCUT2D eigenvalue weighted by Gasteiger charge is 2.47. The molecule has 1 unspecified atom stereocenters. The fourth-order valence-electron chi connectivity index (χ4n) is 3.05. The number of hydrogen-bond acceptors (Lipinski definition) is 3.